The van der Waals surface area contributed by atoms with Crippen LogP contribution in [0.5, 0.6) is 5.75 Å². The van der Waals surface area contributed by atoms with Crippen LogP contribution < -0.4 is 15.4 Å². The Morgan fingerprint density at radius 3 is 2.44 bits per heavy atom. The molecule has 8 heteroatoms. The fourth-order valence-electron chi connectivity index (χ4n) is 2.03. The third-order valence-electron chi connectivity index (χ3n) is 3.31. The Balaban J connectivity index is 2.37. The fraction of sp³-hybridized carbons (Fsp3) is 0.526. The molecule has 0 atom stereocenters. The van der Waals surface area contributed by atoms with Gasteiger partial charge in [-0.15, -0.1) is 0 Å². The minimum Gasteiger partial charge on any atom is -0.482 e. The molecule has 1 aromatic carbocycles. The second-order valence-corrected chi connectivity index (χ2v) is 6.92. The highest BCUT2D eigenvalue weighted by Gasteiger charge is 2.15. The van der Waals surface area contributed by atoms with Crippen LogP contribution in [-0.4, -0.2) is 43.8 Å². The number of nitrogens with one attached hydrogen (secondary N) is 2. The first-order valence-corrected chi connectivity index (χ1v) is 8.67. The number of aryl methyl sites for hydroxylation is 1. The van der Waals surface area contributed by atoms with Gasteiger partial charge in [-0.2, -0.15) is 0 Å². The maximum absolute atomic E-state index is 12.0. The number of alkyl carbamates (subject to hydrolysis) is 1. The molecule has 0 aliphatic rings. The fourth-order valence-corrected chi connectivity index (χ4v) is 2.03. The Morgan fingerprint density at radius 1 is 1.15 bits per heavy atom. The average molecular weight is 380 g/mol. The van der Waals surface area contributed by atoms with Gasteiger partial charge in [0.15, 0.2) is 6.61 Å². The molecule has 0 heterocycles. The summed E-state index contributed by atoms with van der Waals surface area (Å²) in [6.07, 6.45) is 0.251. The molecule has 27 heavy (non-hydrogen) atoms. The van der Waals surface area contributed by atoms with Crippen molar-refractivity contribution in [3.05, 3.63) is 23.8 Å². The highest BCUT2D eigenvalue weighted by Crippen LogP contribution is 2.21. The molecular formula is C19H28N2O6. The molecule has 1 aromatic rings. The Morgan fingerprint density at radius 2 is 1.85 bits per heavy atom. The number of rotatable bonds is 8. The molecule has 0 bridgehead atoms. The van der Waals surface area contributed by atoms with Crippen LogP contribution in [0.1, 0.15) is 39.2 Å². The van der Waals surface area contributed by atoms with E-state index in [0.29, 0.717) is 24.4 Å². The van der Waals surface area contributed by atoms with Crippen molar-refractivity contribution < 1.29 is 28.6 Å². The van der Waals surface area contributed by atoms with Crippen LogP contribution in [0, 0.1) is 6.92 Å². The Kier molecular flexibility index (Phi) is 8.58. The van der Waals surface area contributed by atoms with Crippen molar-refractivity contribution in [2.75, 3.05) is 25.6 Å². The molecule has 0 radical (unpaired) electrons. The predicted octanol–water partition coefficient (Wildman–Crippen LogP) is 2.79. The highest BCUT2D eigenvalue weighted by molar-refractivity contribution is 5.91. The quantitative estimate of drug-likeness (QED) is 0.531. The number of amides is 2. The van der Waals surface area contributed by atoms with Gasteiger partial charge >= 0.3 is 12.1 Å². The summed E-state index contributed by atoms with van der Waals surface area (Å²) >= 11 is 0. The first-order chi connectivity index (χ1) is 12.6. The summed E-state index contributed by atoms with van der Waals surface area (Å²) in [6, 6.07) is 5.09. The molecule has 150 valence electrons. The summed E-state index contributed by atoms with van der Waals surface area (Å²) in [4.78, 5) is 34.6. The average Bonchev–Trinajstić information content (AvgIpc) is 2.57. The number of carbonyl (C=O) groups is 3. The third kappa shape index (κ3) is 9.48. The lowest BCUT2D eigenvalue weighted by molar-refractivity contribution is -0.142. The summed E-state index contributed by atoms with van der Waals surface area (Å²) in [5.74, 6) is -0.116. The zero-order valence-corrected chi connectivity index (χ0v) is 16.5. The van der Waals surface area contributed by atoms with Crippen LogP contribution in [-0.2, 0) is 19.1 Å². The van der Waals surface area contributed by atoms with E-state index < -0.39 is 17.7 Å². The van der Waals surface area contributed by atoms with E-state index in [1.54, 1.807) is 39.0 Å². The number of methoxy groups -OCH3 is 1. The van der Waals surface area contributed by atoms with Crippen LogP contribution in [0.25, 0.3) is 0 Å². The number of esters is 1. The zero-order chi connectivity index (χ0) is 20.4. The van der Waals surface area contributed by atoms with E-state index in [1.165, 1.54) is 7.11 Å². The van der Waals surface area contributed by atoms with Crippen LogP contribution in [0.15, 0.2) is 18.2 Å². The van der Waals surface area contributed by atoms with E-state index in [2.05, 4.69) is 15.4 Å². The van der Waals surface area contributed by atoms with Crippen molar-refractivity contribution in [2.45, 2.75) is 46.1 Å². The summed E-state index contributed by atoms with van der Waals surface area (Å²) in [7, 11) is 1.29. The second kappa shape index (κ2) is 10.4. The lowest BCUT2D eigenvalue weighted by Crippen LogP contribution is -2.33. The normalized spacial score (nSPS) is 10.7. The Bertz CT molecular complexity index is 667. The van der Waals surface area contributed by atoms with Gasteiger partial charge in [-0.1, -0.05) is 0 Å². The van der Waals surface area contributed by atoms with Crippen molar-refractivity contribution >= 4 is 23.7 Å². The van der Waals surface area contributed by atoms with Crippen LogP contribution in [0.4, 0.5) is 10.5 Å². The number of hydrogen-bond donors (Lipinski definition) is 2. The predicted molar refractivity (Wildman–Crippen MR) is 101 cm³/mol. The standard InChI is InChI=1S/C19H28N2O6/c1-13-11-14(26-12-17(23)25-5)8-9-15(13)21-16(22)7-6-10-20-18(24)27-19(2,3)4/h8-9,11H,6-7,10,12H2,1-5H3,(H,20,24)(H,21,22). The molecule has 0 aliphatic carbocycles. The van der Waals surface area contributed by atoms with Crippen molar-refractivity contribution in [2.24, 2.45) is 0 Å². The minimum absolute atomic E-state index is 0.160. The largest absolute Gasteiger partial charge is 0.482 e. The molecule has 8 nitrogen and oxygen atoms in total. The van der Waals surface area contributed by atoms with Crippen LogP contribution in [0.3, 0.4) is 0 Å². The van der Waals surface area contributed by atoms with Gasteiger partial charge in [-0.3, -0.25) is 4.79 Å². The monoisotopic (exact) mass is 380 g/mol. The maximum atomic E-state index is 12.0. The van der Waals surface area contributed by atoms with E-state index >= 15 is 0 Å². The van der Waals surface area contributed by atoms with Gasteiger partial charge in [0.2, 0.25) is 5.91 Å². The van der Waals surface area contributed by atoms with Crippen LogP contribution in [0.2, 0.25) is 0 Å². The SMILES string of the molecule is COC(=O)COc1ccc(NC(=O)CCCNC(=O)OC(C)(C)C)c(C)c1. The zero-order valence-electron chi connectivity index (χ0n) is 16.5. The summed E-state index contributed by atoms with van der Waals surface area (Å²) in [6.45, 7) is 7.36. The Labute approximate surface area is 159 Å². The van der Waals surface area contributed by atoms with Crippen molar-refractivity contribution in [1.82, 2.24) is 5.32 Å². The molecule has 2 N–H and O–H groups in total. The van der Waals surface area contributed by atoms with Gasteiger partial charge in [0.25, 0.3) is 0 Å². The molecule has 0 fully saturated rings. The van der Waals surface area contributed by atoms with Gasteiger partial charge in [0.1, 0.15) is 11.4 Å². The molecule has 0 aromatic heterocycles. The lowest BCUT2D eigenvalue weighted by atomic mass is 10.2. The van der Waals surface area contributed by atoms with Crippen molar-refractivity contribution in [3.8, 4) is 5.75 Å². The van der Waals surface area contributed by atoms with Gasteiger partial charge in [0.05, 0.1) is 7.11 Å². The van der Waals surface area contributed by atoms with E-state index in [-0.39, 0.29) is 18.9 Å². The number of benzene rings is 1. The smallest absolute Gasteiger partial charge is 0.407 e. The molecule has 0 saturated heterocycles. The lowest BCUT2D eigenvalue weighted by Gasteiger charge is -2.19. The molecule has 0 aliphatic heterocycles. The summed E-state index contributed by atoms with van der Waals surface area (Å²) < 4.78 is 14.9. The molecule has 1 rings (SSSR count). The van der Waals surface area contributed by atoms with Gasteiger partial charge in [0, 0.05) is 18.7 Å². The van der Waals surface area contributed by atoms with Gasteiger partial charge in [-0.25, -0.2) is 9.59 Å². The van der Waals surface area contributed by atoms with Gasteiger partial charge < -0.3 is 24.8 Å². The van der Waals surface area contributed by atoms with Crippen LogP contribution >= 0.6 is 0 Å². The molecule has 0 unspecified atom stereocenters. The first-order valence-electron chi connectivity index (χ1n) is 8.67. The third-order valence-corrected chi connectivity index (χ3v) is 3.31. The first kappa shape index (κ1) is 22.3. The minimum atomic E-state index is -0.550. The number of anilines is 1. The number of ether oxygens (including phenoxy) is 3. The van der Waals surface area contributed by atoms with E-state index in [4.69, 9.17) is 9.47 Å². The molecular weight excluding hydrogens is 352 g/mol. The molecule has 0 spiro atoms. The summed E-state index contributed by atoms with van der Waals surface area (Å²) in [5.41, 5.74) is 0.911. The maximum Gasteiger partial charge on any atom is 0.407 e. The van der Waals surface area contributed by atoms with Gasteiger partial charge in [-0.05, 0) is 57.9 Å². The second-order valence-electron chi connectivity index (χ2n) is 6.92. The molecule has 0 saturated carbocycles. The molecule has 2 amide bonds. The highest BCUT2D eigenvalue weighted by atomic mass is 16.6. The van der Waals surface area contributed by atoms with E-state index in [9.17, 15) is 14.4 Å². The Hall–Kier alpha value is -2.77. The van der Waals surface area contributed by atoms with E-state index in [1.807, 2.05) is 6.92 Å². The van der Waals surface area contributed by atoms with Crippen molar-refractivity contribution in [1.29, 1.82) is 0 Å². The topological polar surface area (TPSA) is 103 Å². The number of hydrogen-bond acceptors (Lipinski definition) is 6. The summed E-state index contributed by atoms with van der Waals surface area (Å²) in [5, 5.41) is 5.42. The van der Waals surface area contributed by atoms with Crippen molar-refractivity contribution in [3.63, 3.8) is 0 Å². The van der Waals surface area contributed by atoms with E-state index in [0.717, 1.165) is 5.56 Å². The number of carbonyl (C=O) groups excluding carboxylic acids is 3.